The highest BCUT2D eigenvalue weighted by atomic mass is 32.2. The maximum atomic E-state index is 12.0. The van der Waals surface area contributed by atoms with E-state index in [1.807, 2.05) is 24.3 Å². The summed E-state index contributed by atoms with van der Waals surface area (Å²) in [6.45, 7) is 1.55. The fraction of sp³-hybridized carbons (Fsp3) is 0.467. The van der Waals surface area contributed by atoms with Crippen LogP contribution in [0.5, 0.6) is 0 Å². The number of benzene rings is 1. The Morgan fingerprint density at radius 1 is 1.19 bits per heavy atom. The molecule has 114 valence electrons. The highest BCUT2D eigenvalue weighted by Gasteiger charge is 2.24. The van der Waals surface area contributed by atoms with Crippen molar-refractivity contribution in [2.45, 2.75) is 25.8 Å². The Bertz CT molecular complexity index is 609. The highest BCUT2D eigenvalue weighted by molar-refractivity contribution is 7.87. The van der Waals surface area contributed by atoms with Crippen LogP contribution in [0.25, 0.3) is 0 Å². The average Bonchev–Trinajstić information content (AvgIpc) is 3.02. The average molecular weight is 308 g/mol. The van der Waals surface area contributed by atoms with E-state index in [2.05, 4.69) is 16.6 Å². The van der Waals surface area contributed by atoms with Crippen molar-refractivity contribution in [2.24, 2.45) is 0 Å². The third-order valence-electron chi connectivity index (χ3n) is 3.29. The molecule has 0 amide bonds. The first kappa shape index (κ1) is 16.0. The summed E-state index contributed by atoms with van der Waals surface area (Å²) in [5, 5.41) is 8.65. The molecule has 2 rings (SSSR count). The molecule has 0 spiro atoms. The minimum absolute atomic E-state index is 0.0589. The van der Waals surface area contributed by atoms with Gasteiger partial charge in [0.25, 0.3) is 10.2 Å². The van der Waals surface area contributed by atoms with Gasteiger partial charge >= 0.3 is 0 Å². The lowest BCUT2D eigenvalue weighted by Gasteiger charge is -2.16. The number of nitrogens with one attached hydrogen (secondary N) is 1. The monoisotopic (exact) mass is 308 g/mol. The summed E-state index contributed by atoms with van der Waals surface area (Å²) in [5.41, 5.74) is 1.75. The molecule has 1 heterocycles. The Morgan fingerprint density at radius 3 is 2.48 bits per heavy atom. The first-order valence-electron chi connectivity index (χ1n) is 7.05. The Balaban J connectivity index is 1.90. The van der Waals surface area contributed by atoms with Gasteiger partial charge in [-0.3, -0.25) is 0 Å². The molecule has 0 unspecified atom stereocenters. The van der Waals surface area contributed by atoms with Crippen LogP contribution in [0.4, 0.5) is 0 Å². The predicted octanol–water partition coefficient (Wildman–Crippen LogP) is 0.851. The Hall–Kier alpha value is -1.39. The lowest BCUT2D eigenvalue weighted by Crippen LogP contribution is -2.38. The summed E-state index contributed by atoms with van der Waals surface area (Å²) in [6.07, 6.45) is 2.32. The smallest absolute Gasteiger partial charge is 0.279 e. The van der Waals surface area contributed by atoms with Crippen molar-refractivity contribution in [2.75, 3.05) is 19.7 Å². The van der Waals surface area contributed by atoms with Crippen LogP contribution in [0.15, 0.2) is 24.3 Å². The van der Waals surface area contributed by atoms with Crippen molar-refractivity contribution < 1.29 is 13.5 Å². The number of aliphatic hydroxyl groups is 1. The molecule has 6 heteroatoms. The highest BCUT2D eigenvalue weighted by Crippen LogP contribution is 2.12. The van der Waals surface area contributed by atoms with Crippen LogP contribution < -0.4 is 4.72 Å². The molecule has 0 saturated carbocycles. The number of hydrogen-bond acceptors (Lipinski definition) is 3. The maximum absolute atomic E-state index is 12.0. The Kier molecular flexibility index (Phi) is 5.76. The van der Waals surface area contributed by atoms with E-state index in [4.69, 9.17) is 5.11 Å². The van der Waals surface area contributed by atoms with Crippen LogP contribution in [0.2, 0.25) is 0 Å². The minimum Gasteiger partial charge on any atom is -0.395 e. The van der Waals surface area contributed by atoms with Gasteiger partial charge < -0.3 is 5.11 Å². The summed E-state index contributed by atoms with van der Waals surface area (Å²) >= 11 is 0. The van der Waals surface area contributed by atoms with E-state index in [0.717, 1.165) is 24.0 Å². The third-order valence-corrected chi connectivity index (χ3v) is 4.84. The molecule has 1 saturated heterocycles. The van der Waals surface area contributed by atoms with Gasteiger partial charge in [-0.15, -0.1) is 0 Å². The summed E-state index contributed by atoms with van der Waals surface area (Å²) in [6, 6.07) is 7.42. The van der Waals surface area contributed by atoms with Crippen LogP contribution >= 0.6 is 0 Å². The second-order valence-electron chi connectivity index (χ2n) is 4.90. The minimum atomic E-state index is -3.36. The molecule has 0 aliphatic carbocycles. The van der Waals surface area contributed by atoms with E-state index in [0.29, 0.717) is 19.5 Å². The van der Waals surface area contributed by atoms with Crippen LogP contribution in [0.1, 0.15) is 30.4 Å². The first-order valence-corrected chi connectivity index (χ1v) is 8.49. The lowest BCUT2D eigenvalue weighted by atomic mass is 10.1. The summed E-state index contributed by atoms with van der Waals surface area (Å²) in [7, 11) is -3.36. The van der Waals surface area contributed by atoms with Crippen molar-refractivity contribution in [3.8, 4) is 11.8 Å². The normalized spacial score (nSPS) is 15.7. The molecule has 21 heavy (non-hydrogen) atoms. The van der Waals surface area contributed by atoms with Gasteiger partial charge in [-0.2, -0.15) is 17.4 Å². The third kappa shape index (κ3) is 4.83. The molecule has 1 aliphatic heterocycles. The van der Waals surface area contributed by atoms with E-state index in [1.165, 1.54) is 4.31 Å². The van der Waals surface area contributed by atoms with E-state index < -0.39 is 10.2 Å². The lowest BCUT2D eigenvalue weighted by molar-refractivity contribution is 0.305. The molecular formula is C15H20N2O3S. The number of hydrogen-bond donors (Lipinski definition) is 2. The van der Waals surface area contributed by atoms with E-state index in [-0.39, 0.29) is 13.2 Å². The van der Waals surface area contributed by atoms with Crippen molar-refractivity contribution in [3.63, 3.8) is 0 Å². The van der Waals surface area contributed by atoms with E-state index in [1.54, 1.807) is 0 Å². The van der Waals surface area contributed by atoms with Gasteiger partial charge in [0.15, 0.2) is 0 Å². The largest absolute Gasteiger partial charge is 0.395 e. The molecule has 1 aromatic carbocycles. The summed E-state index contributed by atoms with van der Waals surface area (Å²) < 4.78 is 28.1. The SMILES string of the molecule is O=S(=O)(NCc1ccc(C#CCCO)cc1)N1CCCC1. The van der Waals surface area contributed by atoms with Crippen molar-refractivity contribution >= 4 is 10.2 Å². The molecule has 1 aliphatic rings. The quantitative estimate of drug-likeness (QED) is 0.792. The van der Waals surface area contributed by atoms with Gasteiger partial charge in [-0.05, 0) is 30.5 Å². The van der Waals surface area contributed by atoms with Gasteiger partial charge in [0.1, 0.15) is 0 Å². The predicted molar refractivity (Wildman–Crippen MR) is 81.6 cm³/mol. The van der Waals surface area contributed by atoms with Gasteiger partial charge in [0.2, 0.25) is 0 Å². The van der Waals surface area contributed by atoms with Gasteiger partial charge in [-0.1, -0.05) is 24.0 Å². The zero-order valence-corrected chi connectivity index (χ0v) is 12.7. The molecule has 0 atom stereocenters. The molecule has 0 bridgehead atoms. The van der Waals surface area contributed by atoms with Crippen LogP contribution in [-0.4, -0.2) is 37.5 Å². The van der Waals surface area contributed by atoms with E-state index in [9.17, 15) is 8.42 Å². The molecule has 1 aromatic rings. The Labute approximate surface area is 126 Å². The molecular weight excluding hydrogens is 288 g/mol. The first-order chi connectivity index (χ1) is 10.1. The molecule has 2 N–H and O–H groups in total. The van der Waals surface area contributed by atoms with Crippen LogP contribution in [0, 0.1) is 11.8 Å². The van der Waals surface area contributed by atoms with Gasteiger partial charge in [-0.25, -0.2) is 0 Å². The van der Waals surface area contributed by atoms with Crippen LogP contribution in [0.3, 0.4) is 0 Å². The number of rotatable bonds is 5. The second-order valence-corrected chi connectivity index (χ2v) is 6.66. The molecule has 0 aromatic heterocycles. The number of nitrogens with zero attached hydrogens (tertiary/aromatic N) is 1. The van der Waals surface area contributed by atoms with Crippen LogP contribution in [-0.2, 0) is 16.8 Å². The zero-order chi connectivity index (χ0) is 15.1. The van der Waals surface area contributed by atoms with Crippen molar-refractivity contribution in [1.29, 1.82) is 0 Å². The molecule has 0 radical (unpaired) electrons. The fourth-order valence-electron chi connectivity index (χ4n) is 2.12. The Morgan fingerprint density at radius 2 is 1.86 bits per heavy atom. The number of aliphatic hydroxyl groups excluding tert-OH is 1. The maximum Gasteiger partial charge on any atom is 0.279 e. The topological polar surface area (TPSA) is 69.6 Å². The van der Waals surface area contributed by atoms with E-state index >= 15 is 0 Å². The second kappa shape index (κ2) is 7.57. The standard InChI is InChI=1S/C15H20N2O3S/c18-12-4-1-5-14-6-8-15(9-7-14)13-16-21(19,20)17-10-2-3-11-17/h6-9,16,18H,2-4,10-13H2. The summed E-state index contributed by atoms with van der Waals surface area (Å²) in [4.78, 5) is 0. The molecule has 5 nitrogen and oxygen atoms in total. The van der Waals surface area contributed by atoms with Gasteiger partial charge in [0.05, 0.1) is 6.61 Å². The fourth-order valence-corrected chi connectivity index (χ4v) is 3.39. The van der Waals surface area contributed by atoms with Gasteiger partial charge in [0, 0.05) is 31.6 Å². The van der Waals surface area contributed by atoms with Crippen molar-refractivity contribution in [3.05, 3.63) is 35.4 Å². The summed E-state index contributed by atoms with van der Waals surface area (Å²) in [5.74, 6) is 5.78. The zero-order valence-electron chi connectivity index (χ0n) is 11.9. The van der Waals surface area contributed by atoms with Crippen molar-refractivity contribution in [1.82, 2.24) is 9.03 Å². The molecule has 1 fully saturated rings.